The predicted molar refractivity (Wildman–Crippen MR) is 104 cm³/mol. The van der Waals surface area contributed by atoms with E-state index in [4.69, 9.17) is 4.74 Å². The number of fused-ring (bicyclic) bond motifs is 2. The summed E-state index contributed by atoms with van der Waals surface area (Å²) >= 11 is 0. The quantitative estimate of drug-likeness (QED) is 0.726. The molecule has 0 N–H and O–H groups in total. The van der Waals surface area contributed by atoms with E-state index >= 15 is 0 Å². The highest BCUT2D eigenvalue weighted by molar-refractivity contribution is 5.99. The molecule has 1 unspecified atom stereocenters. The number of allylic oxidation sites excluding steroid dienone is 2. The molecule has 0 amide bonds. The van der Waals surface area contributed by atoms with Crippen LogP contribution in [0.1, 0.15) is 57.1 Å². The van der Waals surface area contributed by atoms with E-state index in [0.717, 1.165) is 10.9 Å². The van der Waals surface area contributed by atoms with Crippen molar-refractivity contribution in [2.45, 2.75) is 51.4 Å². The minimum Gasteiger partial charge on any atom is -0.443 e. The number of rotatable bonds is 1. The molecule has 2 aliphatic rings. The van der Waals surface area contributed by atoms with Crippen molar-refractivity contribution in [3.05, 3.63) is 46.7 Å². The first-order valence-corrected chi connectivity index (χ1v) is 9.52. The lowest BCUT2D eigenvalue weighted by Crippen LogP contribution is -2.28. The zero-order chi connectivity index (χ0) is 20.1. The minimum atomic E-state index is -0.959. The lowest BCUT2D eigenvalue weighted by molar-refractivity contribution is -0.116. The third-order valence-electron chi connectivity index (χ3n) is 5.56. The molecule has 0 saturated carbocycles. The van der Waals surface area contributed by atoms with Crippen LogP contribution in [0.15, 0.2) is 35.6 Å². The maximum Gasteiger partial charge on any atom is 0.223 e. The maximum absolute atomic E-state index is 12.7. The molecule has 4 rings (SSSR count). The molecular weight excluding hydrogens is 350 g/mol. The number of nitriles is 2. The highest BCUT2D eigenvalue weighted by Crippen LogP contribution is 2.46. The number of pyridine rings is 1. The zero-order valence-corrected chi connectivity index (χ0v) is 16.2. The number of nitrogens with zero attached hydrogens (tertiary/aromatic N) is 3. The van der Waals surface area contributed by atoms with Crippen LogP contribution in [0.4, 0.5) is 0 Å². The van der Waals surface area contributed by atoms with Gasteiger partial charge in [-0.05, 0) is 35.6 Å². The van der Waals surface area contributed by atoms with Gasteiger partial charge in [-0.3, -0.25) is 4.79 Å². The molecule has 1 aliphatic carbocycles. The van der Waals surface area contributed by atoms with Gasteiger partial charge in [-0.25, -0.2) is 4.98 Å². The second-order valence-electron chi connectivity index (χ2n) is 8.47. The van der Waals surface area contributed by atoms with Gasteiger partial charge in [0.15, 0.2) is 5.78 Å². The summed E-state index contributed by atoms with van der Waals surface area (Å²) in [6, 6.07) is 12.2. The molecule has 0 spiro atoms. The molecule has 1 aliphatic heterocycles. The molecule has 1 aromatic carbocycles. The van der Waals surface area contributed by atoms with E-state index in [1.54, 1.807) is 0 Å². The van der Waals surface area contributed by atoms with Crippen LogP contribution in [0.25, 0.3) is 10.9 Å². The van der Waals surface area contributed by atoms with E-state index in [0.29, 0.717) is 42.0 Å². The standard InChI is InChI=1S/C23H21N3O2/c1-23(2,3)15-7-8-17-13(9-15)10-16-20(14(11-24)12-25)21-18(27)5-4-6-19(21)28-22(16)26-17/h7-10,14,20H,4-6H2,1-3H3. The molecule has 0 bridgehead atoms. The van der Waals surface area contributed by atoms with E-state index in [1.165, 1.54) is 5.56 Å². The summed E-state index contributed by atoms with van der Waals surface area (Å²) in [4.78, 5) is 17.3. The summed E-state index contributed by atoms with van der Waals surface area (Å²) in [6.07, 6.45) is 1.77. The molecule has 0 saturated heterocycles. The monoisotopic (exact) mass is 371 g/mol. The van der Waals surface area contributed by atoms with Gasteiger partial charge in [0.25, 0.3) is 0 Å². The third-order valence-corrected chi connectivity index (χ3v) is 5.56. The number of hydrogen-bond donors (Lipinski definition) is 0. The lowest BCUT2D eigenvalue weighted by Gasteiger charge is -2.32. The van der Waals surface area contributed by atoms with E-state index in [9.17, 15) is 15.3 Å². The molecule has 140 valence electrons. The SMILES string of the molecule is CC(C)(C)c1ccc2nc3c(cc2c1)C(C(C#N)C#N)C1=C(CCCC1=O)O3. The van der Waals surface area contributed by atoms with Gasteiger partial charge in [0, 0.05) is 29.4 Å². The molecule has 5 heteroatoms. The van der Waals surface area contributed by atoms with E-state index in [1.807, 2.05) is 12.1 Å². The first-order chi connectivity index (χ1) is 13.3. The number of Topliss-reactive ketones (excluding diaryl/α,β-unsaturated/α-hetero) is 1. The Kier molecular flexibility index (Phi) is 4.20. The fourth-order valence-electron chi connectivity index (χ4n) is 4.03. The van der Waals surface area contributed by atoms with Crippen LogP contribution >= 0.6 is 0 Å². The van der Waals surface area contributed by atoms with E-state index in [-0.39, 0.29) is 11.2 Å². The largest absolute Gasteiger partial charge is 0.443 e. The summed E-state index contributed by atoms with van der Waals surface area (Å²) in [5.74, 6) is -0.625. The Morgan fingerprint density at radius 1 is 1.18 bits per heavy atom. The number of ketones is 1. The van der Waals surface area contributed by atoms with Crippen molar-refractivity contribution < 1.29 is 9.53 Å². The third kappa shape index (κ3) is 2.84. The van der Waals surface area contributed by atoms with Crippen LogP contribution in [-0.4, -0.2) is 10.8 Å². The smallest absolute Gasteiger partial charge is 0.223 e. The van der Waals surface area contributed by atoms with Crippen molar-refractivity contribution in [3.63, 3.8) is 0 Å². The van der Waals surface area contributed by atoms with Crippen LogP contribution in [0.5, 0.6) is 5.88 Å². The normalized spacial score (nSPS) is 18.9. The lowest BCUT2D eigenvalue weighted by atomic mass is 9.75. The topological polar surface area (TPSA) is 86.8 Å². The Bertz CT molecular complexity index is 1100. The highest BCUT2D eigenvalue weighted by atomic mass is 16.5. The maximum atomic E-state index is 12.7. The number of aromatic nitrogens is 1. The molecule has 1 atom stereocenters. The second-order valence-corrected chi connectivity index (χ2v) is 8.47. The average Bonchev–Trinajstić information content (AvgIpc) is 2.66. The molecule has 2 heterocycles. The van der Waals surface area contributed by atoms with Crippen LogP contribution in [0, 0.1) is 28.6 Å². The van der Waals surface area contributed by atoms with Crippen LogP contribution in [0.3, 0.4) is 0 Å². The molecule has 0 fully saturated rings. The number of hydrogen-bond acceptors (Lipinski definition) is 5. The van der Waals surface area contributed by atoms with Crippen LogP contribution in [0.2, 0.25) is 0 Å². The molecule has 1 aromatic heterocycles. The Hall–Kier alpha value is -3.18. The average molecular weight is 371 g/mol. The van der Waals surface area contributed by atoms with Gasteiger partial charge in [-0.2, -0.15) is 10.5 Å². The number of ether oxygens (including phenoxy) is 1. The van der Waals surface area contributed by atoms with Crippen molar-refractivity contribution in [3.8, 4) is 18.0 Å². The minimum absolute atomic E-state index is 0.0170. The van der Waals surface area contributed by atoms with Gasteiger partial charge >= 0.3 is 0 Å². The molecule has 2 aromatic rings. The summed E-state index contributed by atoms with van der Waals surface area (Å²) in [7, 11) is 0. The summed E-state index contributed by atoms with van der Waals surface area (Å²) < 4.78 is 6.01. The molecule has 5 nitrogen and oxygen atoms in total. The van der Waals surface area contributed by atoms with Gasteiger partial charge in [0.1, 0.15) is 11.7 Å². The number of carbonyl (C=O) groups excluding carboxylic acids is 1. The Morgan fingerprint density at radius 3 is 2.61 bits per heavy atom. The van der Waals surface area contributed by atoms with Gasteiger partial charge in [-0.15, -0.1) is 0 Å². The number of benzene rings is 1. The van der Waals surface area contributed by atoms with Gasteiger partial charge in [0.2, 0.25) is 5.88 Å². The first kappa shape index (κ1) is 18.2. The van der Waals surface area contributed by atoms with Crippen LogP contribution < -0.4 is 4.74 Å². The van der Waals surface area contributed by atoms with Crippen molar-refractivity contribution >= 4 is 16.7 Å². The first-order valence-electron chi connectivity index (χ1n) is 9.52. The van der Waals surface area contributed by atoms with E-state index in [2.05, 4.69) is 50.0 Å². The zero-order valence-electron chi connectivity index (χ0n) is 16.2. The molecule has 28 heavy (non-hydrogen) atoms. The van der Waals surface area contributed by atoms with Crippen molar-refractivity contribution in [2.24, 2.45) is 5.92 Å². The van der Waals surface area contributed by atoms with Crippen molar-refractivity contribution in [2.75, 3.05) is 0 Å². The van der Waals surface area contributed by atoms with Gasteiger partial charge < -0.3 is 4.74 Å². The summed E-state index contributed by atoms with van der Waals surface area (Å²) in [5, 5.41) is 20.1. The number of carbonyl (C=O) groups is 1. The Morgan fingerprint density at radius 2 is 1.93 bits per heavy atom. The molecular formula is C23H21N3O2. The molecule has 0 radical (unpaired) electrons. The Labute approximate surface area is 164 Å². The highest BCUT2D eigenvalue weighted by Gasteiger charge is 2.41. The van der Waals surface area contributed by atoms with Gasteiger partial charge in [0.05, 0.1) is 23.6 Å². The predicted octanol–water partition coefficient (Wildman–Crippen LogP) is 4.68. The Balaban J connectivity index is 1.95. The van der Waals surface area contributed by atoms with Crippen molar-refractivity contribution in [1.82, 2.24) is 4.98 Å². The fraction of sp³-hybridized carbons (Fsp3) is 0.391. The van der Waals surface area contributed by atoms with E-state index < -0.39 is 11.8 Å². The summed E-state index contributed by atoms with van der Waals surface area (Å²) in [6.45, 7) is 6.43. The van der Waals surface area contributed by atoms with Crippen LogP contribution in [-0.2, 0) is 10.2 Å². The second kappa shape index (κ2) is 6.46. The van der Waals surface area contributed by atoms with Gasteiger partial charge in [-0.1, -0.05) is 26.8 Å². The fourth-order valence-corrected chi connectivity index (χ4v) is 4.03. The van der Waals surface area contributed by atoms with Crippen molar-refractivity contribution in [1.29, 1.82) is 10.5 Å². The summed E-state index contributed by atoms with van der Waals surface area (Å²) in [5.41, 5.74) is 3.08.